The molecule has 5 nitrogen and oxygen atoms in total. The fourth-order valence-electron chi connectivity index (χ4n) is 12.8. The number of hydrogen-bond acceptors (Lipinski definition) is 5. The molecule has 16 rings (SSSR count). The van der Waals surface area contributed by atoms with Crippen molar-refractivity contribution >= 4 is 50.0 Å². The normalized spacial score (nSPS) is 13.3. The maximum atomic E-state index is 5.20. The van der Waals surface area contributed by atoms with Crippen molar-refractivity contribution in [2.75, 3.05) is 10.2 Å². The summed E-state index contributed by atoms with van der Waals surface area (Å²) in [5.41, 5.74) is 20.6. The predicted molar refractivity (Wildman–Crippen MR) is 348 cm³/mol. The van der Waals surface area contributed by atoms with Crippen molar-refractivity contribution < 1.29 is 0 Å². The van der Waals surface area contributed by atoms with Gasteiger partial charge in [-0.3, -0.25) is 0 Å². The molecule has 0 amide bonds. The van der Waals surface area contributed by atoms with E-state index in [2.05, 4.69) is 295 Å². The van der Waals surface area contributed by atoms with Gasteiger partial charge in [0.25, 0.3) is 0 Å². The fourth-order valence-corrected chi connectivity index (χ4v) is 12.8. The molecule has 1 atom stereocenters. The van der Waals surface area contributed by atoms with E-state index in [0.717, 1.165) is 51.0 Å². The number of hydrogen-bond donors (Lipinski definition) is 1. The highest BCUT2D eigenvalue weighted by Crippen LogP contribution is 2.64. The third-order valence-electron chi connectivity index (χ3n) is 16.6. The first kappa shape index (κ1) is 50.0. The first-order valence-electron chi connectivity index (χ1n) is 28.7. The zero-order valence-corrected chi connectivity index (χ0v) is 46.0. The van der Waals surface area contributed by atoms with E-state index >= 15 is 0 Å². The lowest BCUT2D eigenvalue weighted by Gasteiger charge is -2.32. The highest BCUT2D eigenvalue weighted by Gasteiger charge is 2.52. The second-order valence-corrected chi connectivity index (χ2v) is 21.5. The van der Waals surface area contributed by atoms with Crippen LogP contribution in [0.25, 0.3) is 77.7 Å². The number of nitrogens with zero attached hydrogens (tertiary/aromatic N) is 4. The Morgan fingerprint density at radius 1 is 0.321 bits per heavy atom. The van der Waals surface area contributed by atoms with Crippen molar-refractivity contribution in [1.82, 2.24) is 15.0 Å². The molecule has 0 bridgehead atoms. The number of rotatable bonds is 10. The quantitative estimate of drug-likeness (QED) is 0.148. The highest BCUT2D eigenvalue weighted by molar-refractivity contribution is 6.01. The highest BCUT2D eigenvalue weighted by atomic mass is 15.1. The minimum Gasteiger partial charge on any atom is -0.355 e. The molecule has 1 heterocycles. The first-order chi connectivity index (χ1) is 41.6. The molecule has 0 saturated heterocycles. The summed E-state index contributed by atoms with van der Waals surface area (Å²) >= 11 is 0. The van der Waals surface area contributed by atoms with Crippen LogP contribution in [0, 0.1) is 0 Å². The summed E-state index contributed by atoms with van der Waals surface area (Å²) in [6, 6.07) is 112. The molecule has 1 aromatic heterocycles. The molecule has 396 valence electrons. The van der Waals surface area contributed by atoms with E-state index in [1.165, 1.54) is 77.2 Å². The largest absolute Gasteiger partial charge is 0.355 e. The summed E-state index contributed by atoms with van der Waals surface area (Å²) in [6.45, 7) is 0. The second-order valence-electron chi connectivity index (χ2n) is 21.5. The van der Waals surface area contributed by atoms with Crippen molar-refractivity contribution in [2.45, 2.75) is 11.8 Å². The van der Waals surface area contributed by atoms with Gasteiger partial charge in [0.15, 0.2) is 11.6 Å². The Morgan fingerprint density at radius 3 is 1.55 bits per heavy atom. The van der Waals surface area contributed by atoms with Crippen LogP contribution < -0.4 is 10.2 Å². The average molecular weight is 1070 g/mol. The number of benzene rings is 13. The predicted octanol–water partition coefficient (Wildman–Crippen LogP) is 20.0. The smallest absolute Gasteiger partial charge is 0.163 e. The van der Waals surface area contributed by atoms with Gasteiger partial charge in [-0.25, -0.2) is 15.0 Å². The van der Waals surface area contributed by atoms with Gasteiger partial charge >= 0.3 is 0 Å². The summed E-state index contributed by atoms with van der Waals surface area (Å²) in [6.07, 6.45) is 0.606. The first-order valence-corrected chi connectivity index (χ1v) is 28.7. The number of para-hydroxylation sites is 1. The summed E-state index contributed by atoms with van der Waals surface area (Å²) in [4.78, 5) is 17.8. The lowest BCUT2D eigenvalue weighted by Crippen LogP contribution is -2.26. The van der Waals surface area contributed by atoms with Crippen LogP contribution in [0.1, 0.15) is 33.6 Å². The van der Waals surface area contributed by atoms with E-state index in [9.17, 15) is 0 Å². The molecule has 1 spiro atoms. The molecule has 0 aliphatic heterocycles. The Labute approximate surface area is 489 Å². The summed E-state index contributed by atoms with van der Waals surface area (Å²) < 4.78 is 0. The van der Waals surface area contributed by atoms with Crippen LogP contribution in [0.2, 0.25) is 0 Å². The van der Waals surface area contributed by atoms with Gasteiger partial charge in [0.1, 0.15) is 5.82 Å². The fraction of sp³-hybridized carbons (Fsp3) is 0.0253. The van der Waals surface area contributed by atoms with E-state index in [1.54, 1.807) is 0 Å². The van der Waals surface area contributed by atoms with Gasteiger partial charge in [-0.15, -0.1) is 0 Å². The molecule has 2 aliphatic carbocycles. The molecule has 1 N–H and O–H groups in total. The molecule has 0 fully saturated rings. The lowest BCUT2D eigenvalue weighted by atomic mass is 9.70. The zero-order chi connectivity index (χ0) is 55.8. The molecular weight excluding hydrogens is 1020 g/mol. The SMILES string of the molecule is c1ccc(-c2cccc(Nc3cccc4ccccc34)c2)cc1.c1ccc(Cc2nc(-c3ccccc3)nc(-c3ccc4c(c3)C3(c5ccccc5-4)c4ccccc4-c4ccc(N(c5ccccc5)c5cccc6ccccc56)cc43)n2)cc1. The van der Waals surface area contributed by atoms with E-state index in [1.807, 2.05) is 30.3 Å². The average Bonchev–Trinajstić information content (AvgIpc) is 1.75. The molecular formula is C79H55N5. The Balaban J connectivity index is 0.000000218. The Bertz CT molecular complexity index is 4710. The van der Waals surface area contributed by atoms with Crippen molar-refractivity contribution in [1.29, 1.82) is 0 Å². The minimum atomic E-state index is -0.590. The van der Waals surface area contributed by atoms with E-state index < -0.39 is 5.41 Å². The summed E-state index contributed by atoms with van der Waals surface area (Å²) in [7, 11) is 0. The minimum absolute atomic E-state index is 0.590. The topological polar surface area (TPSA) is 53.9 Å². The van der Waals surface area contributed by atoms with Crippen LogP contribution in [0.15, 0.2) is 315 Å². The van der Waals surface area contributed by atoms with Crippen molar-refractivity contribution in [3.05, 3.63) is 349 Å². The van der Waals surface area contributed by atoms with Crippen LogP contribution >= 0.6 is 0 Å². The third-order valence-corrected chi connectivity index (χ3v) is 16.6. The van der Waals surface area contributed by atoms with Crippen LogP contribution in [0.4, 0.5) is 28.4 Å². The van der Waals surface area contributed by atoms with Crippen LogP contribution in [-0.2, 0) is 11.8 Å². The summed E-state index contributed by atoms with van der Waals surface area (Å²) in [5, 5.41) is 8.45. The Hall–Kier alpha value is -11.0. The molecule has 2 aliphatic rings. The third kappa shape index (κ3) is 8.96. The molecule has 5 heteroatoms. The van der Waals surface area contributed by atoms with Crippen molar-refractivity contribution in [3.8, 4) is 56.2 Å². The van der Waals surface area contributed by atoms with Crippen LogP contribution in [-0.4, -0.2) is 15.0 Å². The molecule has 84 heavy (non-hydrogen) atoms. The van der Waals surface area contributed by atoms with Gasteiger partial charge in [-0.05, 0) is 127 Å². The van der Waals surface area contributed by atoms with Gasteiger partial charge in [-0.1, -0.05) is 261 Å². The molecule has 0 radical (unpaired) electrons. The van der Waals surface area contributed by atoms with Crippen LogP contribution in [0.3, 0.4) is 0 Å². The maximum Gasteiger partial charge on any atom is 0.163 e. The van der Waals surface area contributed by atoms with E-state index in [0.29, 0.717) is 18.1 Å². The van der Waals surface area contributed by atoms with Crippen LogP contribution in [0.5, 0.6) is 0 Å². The van der Waals surface area contributed by atoms with Crippen molar-refractivity contribution in [3.63, 3.8) is 0 Å². The van der Waals surface area contributed by atoms with Gasteiger partial charge in [-0.2, -0.15) is 0 Å². The van der Waals surface area contributed by atoms with E-state index in [4.69, 9.17) is 15.0 Å². The standard InChI is InChI=1S/C57H38N4.C22H17N/c1-4-17-38(18-5-1)35-54-58-55(40-20-6-2-7-21-40)60-56(59-54)41-31-33-47-45-26-12-14-28-49(45)57(51(47)36-41)50-29-15-13-27-46(50)48-34-32-43(37-52(48)57)61(42-23-8-3-9-24-42)53-30-16-22-39-19-10-11-25-44(39)53;1-2-8-17(9-3-1)19-12-6-13-20(16-19)23-22-15-7-11-18-10-4-5-14-21(18)22/h1-34,36-37H,35H2;1-16,23H. The Morgan fingerprint density at radius 2 is 0.833 bits per heavy atom. The molecule has 0 saturated carbocycles. The molecule has 1 unspecified atom stereocenters. The number of fused-ring (bicyclic) bond motifs is 12. The van der Waals surface area contributed by atoms with Gasteiger partial charge in [0, 0.05) is 51.1 Å². The zero-order valence-electron chi connectivity index (χ0n) is 46.0. The summed E-state index contributed by atoms with van der Waals surface area (Å²) in [5.74, 6) is 2.08. The molecule has 14 aromatic rings. The number of aromatic nitrogens is 3. The second kappa shape index (κ2) is 21.5. The van der Waals surface area contributed by atoms with Crippen molar-refractivity contribution in [2.24, 2.45) is 0 Å². The number of nitrogens with one attached hydrogen (secondary N) is 1. The van der Waals surface area contributed by atoms with E-state index in [-0.39, 0.29) is 0 Å². The van der Waals surface area contributed by atoms with Gasteiger partial charge in [0.05, 0.1) is 11.1 Å². The lowest BCUT2D eigenvalue weighted by molar-refractivity contribution is 0.793. The number of anilines is 5. The van der Waals surface area contributed by atoms with Gasteiger partial charge < -0.3 is 10.2 Å². The monoisotopic (exact) mass is 1070 g/mol. The van der Waals surface area contributed by atoms with Gasteiger partial charge in [0.2, 0.25) is 0 Å². The Kier molecular flexibility index (Phi) is 12.8. The molecule has 13 aromatic carbocycles. The maximum absolute atomic E-state index is 5.20.